The third-order valence-electron chi connectivity index (χ3n) is 4.67. The number of rotatable bonds is 6. The van der Waals surface area contributed by atoms with E-state index in [-0.39, 0.29) is 5.96 Å². The number of guanidine groups is 1. The van der Waals surface area contributed by atoms with Crippen LogP contribution in [0.15, 0.2) is 27.8 Å². The lowest BCUT2D eigenvalue weighted by Crippen LogP contribution is -2.63. The summed E-state index contributed by atoms with van der Waals surface area (Å²) in [6.45, 7) is 8.94. The van der Waals surface area contributed by atoms with Crippen LogP contribution in [-0.4, -0.2) is 19.3 Å². The van der Waals surface area contributed by atoms with Crippen LogP contribution in [0.1, 0.15) is 33.4 Å². The standard InChI is InChI=1S/C20H25BrN4O2/c1-11-13(3)19(21)14(4)12(2)16(11)10-27-17-7-6-15(8-18(17)26-5)9-24-25-20(22)23/h6-9H,10H2,1-5H3,(H4,22,23,25)/p+1. The summed E-state index contributed by atoms with van der Waals surface area (Å²) in [7, 11) is 1.61. The molecule has 2 aromatic rings. The van der Waals surface area contributed by atoms with Gasteiger partial charge in [0.15, 0.2) is 11.5 Å². The highest BCUT2D eigenvalue weighted by Gasteiger charge is 2.15. The number of halogens is 1. The van der Waals surface area contributed by atoms with E-state index in [1.54, 1.807) is 13.3 Å². The fourth-order valence-electron chi connectivity index (χ4n) is 2.79. The fourth-order valence-corrected chi connectivity index (χ4v) is 3.38. The number of hydrogen-bond acceptors (Lipinski definition) is 3. The minimum Gasteiger partial charge on any atom is -0.493 e. The lowest BCUT2D eigenvalue weighted by atomic mass is 9.95. The quantitative estimate of drug-likeness (QED) is 0.368. The maximum Gasteiger partial charge on any atom is 0.256 e. The van der Waals surface area contributed by atoms with Crippen LogP contribution in [0.2, 0.25) is 0 Å². The van der Waals surface area contributed by atoms with Gasteiger partial charge in [0.1, 0.15) is 6.61 Å². The van der Waals surface area contributed by atoms with E-state index in [1.165, 1.54) is 27.8 Å². The summed E-state index contributed by atoms with van der Waals surface area (Å²) in [4.78, 5) is 0. The number of hydrazone groups is 1. The molecule has 5 N–H and O–H groups in total. The van der Waals surface area contributed by atoms with Crippen LogP contribution in [0.5, 0.6) is 11.5 Å². The predicted molar refractivity (Wildman–Crippen MR) is 112 cm³/mol. The molecular formula is C20H26BrN4O2+. The zero-order chi connectivity index (χ0) is 20.1. The summed E-state index contributed by atoms with van der Waals surface area (Å²) >= 11 is 3.68. The third-order valence-corrected chi connectivity index (χ3v) is 5.86. The number of hydrogen-bond donors (Lipinski definition) is 3. The van der Waals surface area contributed by atoms with Crippen molar-refractivity contribution in [2.75, 3.05) is 7.11 Å². The summed E-state index contributed by atoms with van der Waals surface area (Å²) in [5, 5.41) is 6.38. The molecule has 2 aromatic carbocycles. The fraction of sp³-hybridized carbons (Fsp3) is 0.300. The Kier molecular flexibility index (Phi) is 6.85. The average Bonchev–Trinajstić information content (AvgIpc) is 2.65. The minimum atomic E-state index is -0.0380. The molecule has 7 heteroatoms. The molecule has 0 spiro atoms. The molecule has 0 aliphatic rings. The number of nitrogens with zero attached hydrogens (tertiary/aromatic N) is 1. The molecule has 0 aliphatic carbocycles. The van der Waals surface area contributed by atoms with Crippen molar-refractivity contribution in [3.05, 3.63) is 56.1 Å². The zero-order valence-corrected chi connectivity index (χ0v) is 17.9. The van der Waals surface area contributed by atoms with Crippen LogP contribution in [0.4, 0.5) is 0 Å². The summed E-state index contributed by atoms with van der Waals surface area (Å²) in [6, 6.07) is 5.61. The van der Waals surface area contributed by atoms with Crippen LogP contribution in [-0.2, 0) is 6.61 Å². The maximum absolute atomic E-state index is 6.08. The molecule has 0 aromatic heterocycles. The van der Waals surface area contributed by atoms with Gasteiger partial charge in [-0.15, -0.1) is 5.10 Å². The Morgan fingerprint density at radius 3 is 2.26 bits per heavy atom. The van der Waals surface area contributed by atoms with Gasteiger partial charge < -0.3 is 20.9 Å². The Morgan fingerprint density at radius 2 is 1.70 bits per heavy atom. The van der Waals surface area contributed by atoms with Crippen molar-refractivity contribution < 1.29 is 14.6 Å². The first-order chi connectivity index (χ1) is 12.8. The summed E-state index contributed by atoms with van der Waals surface area (Å²) in [5.74, 6) is 1.27. The Hall–Kier alpha value is -2.54. The number of ether oxygens (including phenoxy) is 2. The van der Waals surface area contributed by atoms with E-state index in [1.807, 2.05) is 18.2 Å². The predicted octanol–water partition coefficient (Wildman–Crippen LogP) is 1.96. The van der Waals surface area contributed by atoms with E-state index in [4.69, 9.17) is 20.9 Å². The van der Waals surface area contributed by atoms with Gasteiger partial charge in [-0.05, 0) is 73.7 Å². The van der Waals surface area contributed by atoms with Gasteiger partial charge in [-0.2, -0.15) is 0 Å². The first-order valence-electron chi connectivity index (χ1n) is 8.49. The van der Waals surface area contributed by atoms with E-state index in [2.05, 4.69) is 53.8 Å². The van der Waals surface area contributed by atoms with Crippen molar-refractivity contribution >= 4 is 28.1 Å². The third kappa shape index (κ3) is 4.80. The second-order valence-electron chi connectivity index (χ2n) is 6.30. The van der Waals surface area contributed by atoms with E-state index >= 15 is 0 Å². The largest absolute Gasteiger partial charge is 0.493 e. The molecule has 0 aliphatic heterocycles. The Labute approximate surface area is 168 Å². The van der Waals surface area contributed by atoms with Crippen molar-refractivity contribution in [1.82, 2.24) is 0 Å². The molecule has 6 nitrogen and oxygen atoms in total. The Balaban J connectivity index is 2.26. The van der Waals surface area contributed by atoms with E-state index in [9.17, 15) is 0 Å². The van der Waals surface area contributed by atoms with Gasteiger partial charge in [-0.1, -0.05) is 15.9 Å². The van der Waals surface area contributed by atoms with Gasteiger partial charge in [0.2, 0.25) is 6.21 Å². The highest BCUT2D eigenvalue weighted by Crippen LogP contribution is 2.33. The SMILES string of the molecule is COc1cc(C=[NH+]N=C(N)N)ccc1OCc1c(C)c(C)c(Br)c(C)c1C. The first-order valence-corrected chi connectivity index (χ1v) is 9.28. The molecule has 0 radical (unpaired) electrons. The van der Waals surface area contributed by atoms with Crippen molar-refractivity contribution in [3.63, 3.8) is 0 Å². The number of nitrogens with one attached hydrogen (secondary N) is 1. The van der Waals surface area contributed by atoms with Crippen LogP contribution >= 0.6 is 15.9 Å². The van der Waals surface area contributed by atoms with Crippen LogP contribution in [0.25, 0.3) is 0 Å². The minimum absolute atomic E-state index is 0.0380. The van der Waals surface area contributed by atoms with Gasteiger partial charge in [-0.3, -0.25) is 0 Å². The second-order valence-corrected chi connectivity index (χ2v) is 7.09. The van der Waals surface area contributed by atoms with Gasteiger partial charge in [0.05, 0.1) is 7.11 Å². The molecule has 144 valence electrons. The average molecular weight is 434 g/mol. The molecule has 0 fully saturated rings. The monoisotopic (exact) mass is 433 g/mol. The van der Waals surface area contributed by atoms with Gasteiger partial charge in [0.25, 0.3) is 5.96 Å². The molecule has 0 saturated carbocycles. The molecule has 0 amide bonds. The number of benzene rings is 2. The summed E-state index contributed by atoms with van der Waals surface area (Å²) < 4.78 is 12.7. The molecule has 0 bridgehead atoms. The molecular weight excluding hydrogens is 408 g/mol. The second kappa shape index (κ2) is 8.90. The van der Waals surface area contributed by atoms with Crippen LogP contribution < -0.4 is 26.0 Å². The molecule has 0 unspecified atom stereocenters. The summed E-state index contributed by atoms with van der Waals surface area (Å²) in [5.41, 5.74) is 17.6. The summed E-state index contributed by atoms with van der Waals surface area (Å²) in [6.07, 6.45) is 1.67. The maximum atomic E-state index is 6.08. The molecule has 27 heavy (non-hydrogen) atoms. The first kappa shape index (κ1) is 20.8. The highest BCUT2D eigenvalue weighted by atomic mass is 79.9. The van der Waals surface area contributed by atoms with Crippen LogP contribution in [0, 0.1) is 27.7 Å². The molecule has 0 atom stereocenters. The lowest BCUT2D eigenvalue weighted by Gasteiger charge is -2.19. The van der Waals surface area contributed by atoms with Gasteiger partial charge in [0, 0.05) is 15.1 Å². The zero-order valence-electron chi connectivity index (χ0n) is 16.3. The van der Waals surface area contributed by atoms with Crippen LogP contribution in [0.3, 0.4) is 0 Å². The topological polar surface area (TPSA) is 96.8 Å². The van der Waals surface area contributed by atoms with Crippen molar-refractivity contribution in [2.45, 2.75) is 34.3 Å². The van der Waals surface area contributed by atoms with Gasteiger partial charge in [-0.25, -0.2) is 0 Å². The molecule has 0 saturated heterocycles. The number of methoxy groups -OCH3 is 1. The molecule has 2 rings (SSSR count). The van der Waals surface area contributed by atoms with E-state index in [0.717, 1.165) is 10.0 Å². The highest BCUT2D eigenvalue weighted by molar-refractivity contribution is 9.10. The Morgan fingerprint density at radius 1 is 1.07 bits per heavy atom. The van der Waals surface area contributed by atoms with Crippen molar-refractivity contribution in [2.24, 2.45) is 16.6 Å². The molecule has 0 heterocycles. The normalized spacial score (nSPS) is 10.9. The van der Waals surface area contributed by atoms with E-state index in [0.29, 0.717) is 18.1 Å². The van der Waals surface area contributed by atoms with Gasteiger partial charge >= 0.3 is 0 Å². The smallest absolute Gasteiger partial charge is 0.256 e. The number of nitrogens with two attached hydrogens (primary N) is 2. The lowest BCUT2D eigenvalue weighted by molar-refractivity contribution is -0.456. The Bertz CT molecular complexity index is 874. The van der Waals surface area contributed by atoms with Crippen molar-refractivity contribution in [1.29, 1.82) is 0 Å². The van der Waals surface area contributed by atoms with E-state index < -0.39 is 0 Å². The van der Waals surface area contributed by atoms with Crippen molar-refractivity contribution in [3.8, 4) is 11.5 Å².